The highest BCUT2D eigenvalue weighted by Gasteiger charge is 2.08. The van der Waals surface area contributed by atoms with Crippen LogP contribution in [0.3, 0.4) is 0 Å². The predicted molar refractivity (Wildman–Crippen MR) is 102 cm³/mol. The molecule has 9 nitrogen and oxygen atoms in total. The van der Waals surface area contributed by atoms with Gasteiger partial charge in [0.25, 0.3) is 5.69 Å². The quantitative estimate of drug-likeness (QED) is 0.301. The van der Waals surface area contributed by atoms with Gasteiger partial charge in [-0.3, -0.25) is 14.9 Å². The molecule has 0 unspecified atom stereocenters. The van der Waals surface area contributed by atoms with Crippen molar-refractivity contribution in [3.05, 3.63) is 70.3 Å². The number of hydrogen-bond donors (Lipinski definition) is 1. The predicted octanol–water partition coefficient (Wildman–Crippen LogP) is 2.94. The Kier molecular flexibility index (Phi) is 5.57. The van der Waals surface area contributed by atoms with E-state index >= 15 is 0 Å². The van der Waals surface area contributed by atoms with Crippen molar-refractivity contribution in [2.75, 3.05) is 11.6 Å². The minimum Gasteiger partial charge on any atom is -0.322 e. The molecule has 0 bridgehead atoms. The molecule has 0 spiro atoms. The van der Waals surface area contributed by atoms with Crippen LogP contribution in [0.1, 0.15) is 5.56 Å². The molecule has 2 aromatic carbocycles. The van der Waals surface area contributed by atoms with Crippen molar-refractivity contribution in [3.63, 3.8) is 0 Å². The zero-order valence-corrected chi connectivity index (χ0v) is 15.0. The Bertz CT molecular complexity index is 1020. The average Bonchev–Trinajstić information content (AvgIpc) is 3.16. The summed E-state index contributed by atoms with van der Waals surface area (Å²) in [4.78, 5) is 22.5. The lowest BCUT2D eigenvalue weighted by Gasteiger charge is -2.06. The molecule has 0 aliphatic rings. The maximum absolute atomic E-state index is 12.1. The number of non-ortho nitro benzene ring substituents is 1. The number of carbonyl (C=O) groups excluding carboxylic acids is 1. The monoisotopic (exact) mass is 382 g/mol. The molecule has 0 atom stereocenters. The van der Waals surface area contributed by atoms with E-state index in [0.29, 0.717) is 22.1 Å². The summed E-state index contributed by atoms with van der Waals surface area (Å²) in [5.41, 5.74) is 1.82. The van der Waals surface area contributed by atoms with E-state index in [1.807, 2.05) is 12.3 Å². The molecule has 3 rings (SSSR count). The van der Waals surface area contributed by atoms with Crippen LogP contribution in [0.25, 0.3) is 11.8 Å². The SMILES string of the molecule is CSc1nnnn1-c1cccc(NC(=O)/C=C/c2cccc([N+](=O)[O-])c2)c1. The molecular formula is C17H14N6O3S. The van der Waals surface area contributed by atoms with Crippen LogP contribution in [-0.4, -0.2) is 37.3 Å². The number of nitro benzene ring substituents is 1. The summed E-state index contributed by atoms with van der Waals surface area (Å²) in [6.45, 7) is 0. The fraction of sp³-hybridized carbons (Fsp3) is 0.0588. The molecule has 10 heteroatoms. The standard InChI is InChI=1S/C17H14N6O3S/c1-27-17-19-20-21-22(17)14-6-3-5-13(11-14)18-16(24)9-8-12-4-2-7-15(10-12)23(25)26/h2-11H,1H3,(H,18,24)/b9-8+. The third-order valence-electron chi connectivity index (χ3n) is 3.49. The van der Waals surface area contributed by atoms with Crippen molar-refractivity contribution in [2.24, 2.45) is 0 Å². The molecule has 0 saturated heterocycles. The van der Waals surface area contributed by atoms with Gasteiger partial charge in [-0.2, -0.15) is 4.68 Å². The van der Waals surface area contributed by atoms with Crippen LogP contribution in [0.2, 0.25) is 0 Å². The van der Waals surface area contributed by atoms with Gasteiger partial charge in [-0.05, 0) is 46.5 Å². The number of hydrogen-bond acceptors (Lipinski definition) is 7. The number of nitrogens with one attached hydrogen (secondary N) is 1. The first-order chi connectivity index (χ1) is 13.1. The van der Waals surface area contributed by atoms with Crippen LogP contribution in [0, 0.1) is 10.1 Å². The molecule has 0 saturated carbocycles. The van der Waals surface area contributed by atoms with E-state index in [2.05, 4.69) is 20.8 Å². The topological polar surface area (TPSA) is 116 Å². The van der Waals surface area contributed by atoms with Crippen LogP contribution in [-0.2, 0) is 4.79 Å². The van der Waals surface area contributed by atoms with Crippen molar-refractivity contribution in [1.82, 2.24) is 20.2 Å². The Labute approximate surface area is 158 Å². The molecule has 27 heavy (non-hydrogen) atoms. The number of rotatable bonds is 6. The first-order valence-corrected chi connectivity index (χ1v) is 8.95. The summed E-state index contributed by atoms with van der Waals surface area (Å²) in [6.07, 6.45) is 4.70. The van der Waals surface area contributed by atoms with Crippen LogP contribution < -0.4 is 5.32 Å². The van der Waals surface area contributed by atoms with E-state index in [9.17, 15) is 14.9 Å². The summed E-state index contributed by atoms with van der Waals surface area (Å²) in [5, 5.41) is 25.6. The van der Waals surface area contributed by atoms with Gasteiger partial charge >= 0.3 is 0 Å². The van der Waals surface area contributed by atoms with Gasteiger partial charge in [0, 0.05) is 23.9 Å². The molecule has 0 aliphatic carbocycles. The maximum atomic E-state index is 12.1. The number of amides is 1. The first kappa shape index (κ1) is 18.3. The molecule has 3 aromatic rings. The van der Waals surface area contributed by atoms with E-state index in [1.165, 1.54) is 36.0 Å². The smallest absolute Gasteiger partial charge is 0.270 e. The van der Waals surface area contributed by atoms with Crippen LogP contribution in [0.15, 0.2) is 59.8 Å². The van der Waals surface area contributed by atoms with Crippen molar-refractivity contribution in [2.45, 2.75) is 5.16 Å². The largest absolute Gasteiger partial charge is 0.322 e. The van der Waals surface area contributed by atoms with E-state index in [0.717, 1.165) is 0 Å². The Balaban J connectivity index is 1.72. The lowest BCUT2D eigenvalue weighted by molar-refractivity contribution is -0.384. The van der Waals surface area contributed by atoms with Gasteiger partial charge in [-0.25, -0.2) is 0 Å². The number of benzene rings is 2. The van der Waals surface area contributed by atoms with Gasteiger partial charge in [0.05, 0.1) is 10.6 Å². The Morgan fingerprint density at radius 1 is 1.26 bits per heavy atom. The highest BCUT2D eigenvalue weighted by molar-refractivity contribution is 7.98. The molecule has 136 valence electrons. The number of carbonyl (C=O) groups is 1. The summed E-state index contributed by atoms with van der Waals surface area (Å²) in [7, 11) is 0. The van der Waals surface area contributed by atoms with E-state index < -0.39 is 4.92 Å². The highest BCUT2D eigenvalue weighted by atomic mass is 32.2. The van der Waals surface area contributed by atoms with Gasteiger partial charge < -0.3 is 5.32 Å². The van der Waals surface area contributed by atoms with Crippen molar-refractivity contribution >= 4 is 35.1 Å². The summed E-state index contributed by atoms with van der Waals surface area (Å²) >= 11 is 1.41. The second kappa shape index (κ2) is 8.23. The Morgan fingerprint density at radius 3 is 2.85 bits per heavy atom. The molecule has 1 amide bonds. The molecule has 0 radical (unpaired) electrons. The Morgan fingerprint density at radius 2 is 2.07 bits per heavy atom. The van der Waals surface area contributed by atoms with E-state index in [4.69, 9.17) is 0 Å². The number of nitro groups is 1. The van der Waals surface area contributed by atoms with Crippen LogP contribution in [0.4, 0.5) is 11.4 Å². The second-order valence-corrected chi connectivity index (χ2v) is 6.08. The van der Waals surface area contributed by atoms with Gasteiger partial charge in [-0.15, -0.1) is 5.10 Å². The van der Waals surface area contributed by atoms with E-state index in [-0.39, 0.29) is 11.6 Å². The molecule has 0 fully saturated rings. The second-order valence-electron chi connectivity index (χ2n) is 5.30. The lowest BCUT2D eigenvalue weighted by Crippen LogP contribution is -2.08. The molecule has 1 aromatic heterocycles. The maximum Gasteiger partial charge on any atom is 0.270 e. The molecule has 1 heterocycles. The summed E-state index contributed by atoms with van der Waals surface area (Å²) in [5.74, 6) is -0.361. The molecule has 1 N–H and O–H groups in total. The van der Waals surface area contributed by atoms with Crippen molar-refractivity contribution in [3.8, 4) is 5.69 Å². The van der Waals surface area contributed by atoms with Gasteiger partial charge in [0.1, 0.15) is 0 Å². The minimum atomic E-state index is -0.481. The highest BCUT2D eigenvalue weighted by Crippen LogP contribution is 2.19. The van der Waals surface area contributed by atoms with Crippen molar-refractivity contribution in [1.29, 1.82) is 0 Å². The van der Waals surface area contributed by atoms with Gasteiger partial charge in [-0.1, -0.05) is 30.0 Å². The number of thioether (sulfide) groups is 1. The third kappa shape index (κ3) is 4.55. The van der Waals surface area contributed by atoms with Crippen LogP contribution in [0.5, 0.6) is 0 Å². The fourth-order valence-electron chi connectivity index (χ4n) is 2.28. The number of aromatic nitrogens is 4. The third-order valence-corrected chi connectivity index (χ3v) is 4.11. The number of tetrazole rings is 1. The lowest BCUT2D eigenvalue weighted by atomic mass is 10.2. The first-order valence-electron chi connectivity index (χ1n) is 7.73. The minimum absolute atomic E-state index is 0.0312. The number of nitrogens with zero attached hydrogens (tertiary/aromatic N) is 5. The zero-order valence-electron chi connectivity index (χ0n) is 14.1. The van der Waals surface area contributed by atoms with Gasteiger partial charge in [0.15, 0.2) is 0 Å². The van der Waals surface area contributed by atoms with Crippen LogP contribution >= 0.6 is 11.8 Å². The van der Waals surface area contributed by atoms with Gasteiger partial charge in [0.2, 0.25) is 11.1 Å². The fourth-order valence-corrected chi connectivity index (χ4v) is 2.71. The number of anilines is 1. The molecule has 0 aliphatic heterocycles. The van der Waals surface area contributed by atoms with E-state index in [1.54, 1.807) is 35.0 Å². The Hall–Kier alpha value is -3.53. The average molecular weight is 382 g/mol. The summed E-state index contributed by atoms with van der Waals surface area (Å²) < 4.78 is 1.57. The molecular weight excluding hydrogens is 368 g/mol. The normalized spacial score (nSPS) is 10.9. The zero-order chi connectivity index (χ0) is 19.2. The van der Waals surface area contributed by atoms with Crippen molar-refractivity contribution < 1.29 is 9.72 Å². The summed E-state index contributed by atoms with van der Waals surface area (Å²) in [6, 6.07) is 13.1.